The molecule has 2 heteroatoms. The first-order valence-electron chi connectivity index (χ1n) is 6.24. The molecule has 90 valence electrons. The Morgan fingerprint density at radius 2 is 1.68 bits per heavy atom. The highest BCUT2D eigenvalue weighted by Crippen LogP contribution is 2.35. The van der Waals surface area contributed by atoms with Crippen LogP contribution in [0.25, 0.3) is 33.1 Å². The Morgan fingerprint density at radius 3 is 2.58 bits per heavy atom. The summed E-state index contributed by atoms with van der Waals surface area (Å²) in [6.45, 7) is 0. The minimum Gasteiger partial charge on any atom is -0.455 e. The molecule has 0 spiro atoms. The molecule has 2 aromatic carbocycles. The summed E-state index contributed by atoms with van der Waals surface area (Å²) in [5.74, 6) is 0. The third-order valence-electron chi connectivity index (χ3n) is 3.38. The lowest BCUT2D eigenvalue weighted by molar-refractivity contribution is 0.670. The van der Waals surface area contributed by atoms with Crippen molar-refractivity contribution in [2.24, 2.45) is 0 Å². The number of pyridine rings is 1. The first-order chi connectivity index (χ1) is 9.43. The third-order valence-corrected chi connectivity index (χ3v) is 3.38. The zero-order valence-electron chi connectivity index (χ0n) is 10.2. The second-order valence-electron chi connectivity index (χ2n) is 4.52. The molecule has 0 aliphatic carbocycles. The molecular weight excluding hydrogens is 234 g/mol. The fourth-order valence-corrected chi connectivity index (χ4v) is 2.50. The number of nitrogens with zero attached hydrogens (tertiary/aromatic N) is 1. The number of aromatic nitrogens is 1. The molecule has 0 amide bonds. The Kier molecular flexibility index (Phi) is 2.15. The molecular formula is C17H11NO. The summed E-state index contributed by atoms with van der Waals surface area (Å²) >= 11 is 0. The molecule has 0 N–H and O–H groups in total. The number of benzene rings is 2. The van der Waals surface area contributed by atoms with Gasteiger partial charge in [-0.2, -0.15) is 0 Å². The molecule has 0 aliphatic heterocycles. The summed E-state index contributed by atoms with van der Waals surface area (Å²) in [5.41, 5.74) is 4.01. The van der Waals surface area contributed by atoms with Crippen molar-refractivity contribution in [2.75, 3.05) is 0 Å². The van der Waals surface area contributed by atoms with Crippen LogP contribution in [-0.2, 0) is 0 Å². The van der Waals surface area contributed by atoms with E-state index in [4.69, 9.17) is 4.42 Å². The Labute approximate surface area is 110 Å². The largest absolute Gasteiger partial charge is 0.455 e. The lowest BCUT2D eigenvalue weighted by atomic mass is 10.0. The average molecular weight is 245 g/mol. The summed E-state index contributed by atoms with van der Waals surface area (Å²) in [5, 5.41) is 2.31. The van der Waals surface area contributed by atoms with Crippen LogP contribution in [0.3, 0.4) is 0 Å². The van der Waals surface area contributed by atoms with Crippen molar-refractivity contribution in [3.05, 3.63) is 67.0 Å². The van der Waals surface area contributed by atoms with Crippen LogP contribution >= 0.6 is 0 Å². The van der Waals surface area contributed by atoms with E-state index < -0.39 is 0 Å². The molecule has 0 radical (unpaired) electrons. The van der Waals surface area contributed by atoms with E-state index in [0.29, 0.717) is 0 Å². The standard InChI is InChI=1S/C17H11NO/c1-2-9-16-14(6-1)15-8-3-7-13(17(15)19-16)12-5-4-10-18-11-12/h1-11H. The van der Waals surface area contributed by atoms with Gasteiger partial charge in [-0.1, -0.05) is 42.5 Å². The Bertz CT molecular complexity index is 862. The second kappa shape index (κ2) is 3.95. The molecule has 2 nitrogen and oxygen atoms in total. The first-order valence-corrected chi connectivity index (χ1v) is 6.24. The minimum atomic E-state index is 0.925. The van der Waals surface area contributed by atoms with Crippen LogP contribution in [0.5, 0.6) is 0 Å². The molecule has 4 aromatic rings. The maximum Gasteiger partial charge on any atom is 0.143 e. The van der Waals surface area contributed by atoms with Gasteiger partial charge in [-0.15, -0.1) is 0 Å². The highest BCUT2D eigenvalue weighted by atomic mass is 16.3. The Balaban J connectivity index is 2.13. The molecule has 0 bridgehead atoms. The fourth-order valence-electron chi connectivity index (χ4n) is 2.50. The molecule has 0 atom stereocenters. The second-order valence-corrected chi connectivity index (χ2v) is 4.52. The Hall–Kier alpha value is -2.61. The molecule has 0 saturated heterocycles. The van der Waals surface area contributed by atoms with E-state index in [1.807, 2.05) is 30.5 Å². The number of para-hydroxylation sites is 2. The van der Waals surface area contributed by atoms with Gasteiger partial charge in [0.1, 0.15) is 11.2 Å². The van der Waals surface area contributed by atoms with Gasteiger partial charge in [0.2, 0.25) is 0 Å². The maximum absolute atomic E-state index is 6.01. The van der Waals surface area contributed by atoms with Crippen LogP contribution in [0.1, 0.15) is 0 Å². The topological polar surface area (TPSA) is 26.0 Å². The quantitative estimate of drug-likeness (QED) is 0.488. The van der Waals surface area contributed by atoms with Gasteiger partial charge < -0.3 is 4.42 Å². The molecule has 4 rings (SSSR count). The van der Waals surface area contributed by atoms with Crippen molar-refractivity contribution in [3.63, 3.8) is 0 Å². The van der Waals surface area contributed by atoms with Crippen LogP contribution in [0.4, 0.5) is 0 Å². The highest BCUT2D eigenvalue weighted by Gasteiger charge is 2.11. The van der Waals surface area contributed by atoms with Crippen LogP contribution in [0.2, 0.25) is 0 Å². The summed E-state index contributed by atoms with van der Waals surface area (Å²) < 4.78 is 6.01. The number of hydrogen-bond acceptors (Lipinski definition) is 2. The van der Waals surface area contributed by atoms with Gasteiger partial charge in [-0.25, -0.2) is 0 Å². The van der Waals surface area contributed by atoms with E-state index in [0.717, 1.165) is 33.1 Å². The van der Waals surface area contributed by atoms with Gasteiger partial charge in [0.15, 0.2) is 0 Å². The molecule has 0 aliphatic rings. The average Bonchev–Trinajstić information content (AvgIpc) is 2.87. The van der Waals surface area contributed by atoms with Crippen LogP contribution in [-0.4, -0.2) is 4.98 Å². The maximum atomic E-state index is 6.01. The Morgan fingerprint density at radius 1 is 0.789 bits per heavy atom. The van der Waals surface area contributed by atoms with Gasteiger partial charge in [0.25, 0.3) is 0 Å². The van der Waals surface area contributed by atoms with Crippen LogP contribution < -0.4 is 0 Å². The van der Waals surface area contributed by atoms with Crippen molar-refractivity contribution in [1.29, 1.82) is 0 Å². The van der Waals surface area contributed by atoms with Gasteiger partial charge >= 0.3 is 0 Å². The predicted molar refractivity (Wildman–Crippen MR) is 77.0 cm³/mol. The van der Waals surface area contributed by atoms with Gasteiger partial charge in [-0.05, 0) is 12.1 Å². The van der Waals surface area contributed by atoms with E-state index in [9.17, 15) is 0 Å². The molecule has 2 heterocycles. The predicted octanol–water partition coefficient (Wildman–Crippen LogP) is 4.65. The summed E-state index contributed by atoms with van der Waals surface area (Å²) in [6, 6.07) is 18.3. The minimum absolute atomic E-state index is 0.925. The third kappa shape index (κ3) is 1.54. The number of fused-ring (bicyclic) bond motifs is 3. The normalized spacial score (nSPS) is 11.2. The first kappa shape index (κ1) is 10.3. The van der Waals surface area contributed by atoms with Crippen molar-refractivity contribution < 1.29 is 4.42 Å². The van der Waals surface area contributed by atoms with Crippen LogP contribution in [0.15, 0.2) is 71.4 Å². The molecule has 0 fully saturated rings. The summed E-state index contributed by atoms with van der Waals surface area (Å²) in [7, 11) is 0. The monoisotopic (exact) mass is 245 g/mol. The van der Waals surface area contributed by atoms with Gasteiger partial charge in [0, 0.05) is 34.3 Å². The smallest absolute Gasteiger partial charge is 0.143 e. The summed E-state index contributed by atoms with van der Waals surface area (Å²) in [6.07, 6.45) is 3.64. The summed E-state index contributed by atoms with van der Waals surface area (Å²) in [4.78, 5) is 4.18. The lowest BCUT2D eigenvalue weighted by Crippen LogP contribution is -1.79. The highest BCUT2D eigenvalue weighted by molar-refractivity contribution is 6.09. The van der Waals surface area contributed by atoms with Crippen molar-refractivity contribution in [1.82, 2.24) is 4.98 Å². The van der Waals surface area contributed by atoms with Crippen molar-refractivity contribution in [2.45, 2.75) is 0 Å². The molecule has 2 aromatic heterocycles. The number of hydrogen-bond donors (Lipinski definition) is 0. The molecule has 0 saturated carbocycles. The van der Waals surface area contributed by atoms with E-state index in [1.165, 1.54) is 0 Å². The van der Waals surface area contributed by atoms with Crippen LogP contribution in [0, 0.1) is 0 Å². The van der Waals surface area contributed by atoms with Crippen molar-refractivity contribution >= 4 is 21.9 Å². The molecule has 19 heavy (non-hydrogen) atoms. The van der Waals surface area contributed by atoms with Gasteiger partial charge in [-0.3, -0.25) is 4.98 Å². The molecule has 0 unspecified atom stereocenters. The van der Waals surface area contributed by atoms with E-state index in [2.05, 4.69) is 35.3 Å². The van der Waals surface area contributed by atoms with Crippen molar-refractivity contribution in [3.8, 4) is 11.1 Å². The zero-order chi connectivity index (χ0) is 12.7. The SMILES string of the molecule is c1cncc(-c2cccc3c2oc2ccccc23)c1. The zero-order valence-corrected chi connectivity index (χ0v) is 10.2. The number of furan rings is 1. The van der Waals surface area contributed by atoms with E-state index >= 15 is 0 Å². The number of rotatable bonds is 1. The van der Waals surface area contributed by atoms with E-state index in [-0.39, 0.29) is 0 Å². The van der Waals surface area contributed by atoms with E-state index in [1.54, 1.807) is 6.20 Å². The lowest BCUT2D eigenvalue weighted by Gasteiger charge is -2.01. The fraction of sp³-hybridized carbons (Fsp3) is 0. The van der Waals surface area contributed by atoms with Gasteiger partial charge in [0.05, 0.1) is 0 Å².